The number of rotatable bonds is 2. The zero-order chi connectivity index (χ0) is 12.4. The highest BCUT2D eigenvalue weighted by molar-refractivity contribution is 5.93. The Morgan fingerprint density at radius 1 is 1.47 bits per heavy atom. The van der Waals surface area contributed by atoms with Crippen LogP contribution in [0.3, 0.4) is 0 Å². The van der Waals surface area contributed by atoms with E-state index in [2.05, 4.69) is 5.32 Å². The van der Waals surface area contributed by atoms with Crippen molar-refractivity contribution in [3.8, 4) is 0 Å². The van der Waals surface area contributed by atoms with Gasteiger partial charge in [0.2, 0.25) is 5.91 Å². The van der Waals surface area contributed by atoms with Crippen LogP contribution < -0.4 is 11.1 Å². The van der Waals surface area contributed by atoms with Gasteiger partial charge < -0.3 is 11.1 Å². The Bertz CT molecular complexity index is 433. The van der Waals surface area contributed by atoms with Gasteiger partial charge in [-0.25, -0.2) is 4.39 Å². The maximum absolute atomic E-state index is 13.5. The molecular formula is C13H17FN2O. The van der Waals surface area contributed by atoms with Gasteiger partial charge in [-0.05, 0) is 37.5 Å². The number of amides is 1. The van der Waals surface area contributed by atoms with Gasteiger partial charge in [0.05, 0.1) is 11.6 Å². The molecule has 92 valence electrons. The summed E-state index contributed by atoms with van der Waals surface area (Å²) in [5.74, 6) is -0.752. The maximum atomic E-state index is 13.5. The van der Waals surface area contributed by atoms with E-state index in [0.29, 0.717) is 0 Å². The molecule has 0 bridgehead atoms. The number of nitrogens with two attached hydrogens (primary N) is 1. The Balaban J connectivity index is 2.07. The second-order valence-corrected chi connectivity index (χ2v) is 4.67. The lowest BCUT2D eigenvalue weighted by Crippen LogP contribution is -2.34. The summed E-state index contributed by atoms with van der Waals surface area (Å²) >= 11 is 0. The molecule has 2 atom stereocenters. The highest BCUT2D eigenvalue weighted by atomic mass is 19.1. The number of anilines is 1. The summed E-state index contributed by atoms with van der Waals surface area (Å²) in [5, 5.41) is 2.62. The van der Waals surface area contributed by atoms with Crippen molar-refractivity contribution in [1.82, 2.24) is 0 Å². The van der Waals surface area contributed by atoms with Crippen molar-refractivity contribution in [3.63, 3.8) is 0 Å². The van der Waals surface area contributed by atoms with Crippen molar-refractivity contribution in [3.05, 3.63) is 29.6 Å². The molecule has 17 heavy (non-hydrogen) atoms. The van der Waals surface area contributed by atoms with Gasteiger partial charge >= 0.3 is 0 Å². The lowest BCUT2D eigenvalue weighted by atomic mass is 10.0. The van der Waals surface area contributed by atoms with Gasteiger partial charge in [0, 0.05) is 6.04 Å². The second kappa shape index (κ2) is 4.84. The summed E-state index contributed by atoms with van der Waals surface area (Å²) in [7, 11) is 0. The van der Waals surface area contributed by atoms with Crippen LogP contribution in [0.4, 0.5) is 10.1 Å². The molecule has 2 unspecified atom stereocenters. The van der Waals surface area contributed by atoms with E-state index in [-0.39, 0.29) is 23.6 Å². The molecule has 0 aromatic heterocycles. The summed E-state index contributed by atoms with van der Waals surface area (Å²) < 4.78 is 13.5. The highest BCUT2D eigenvalue weighted by Crippen LogP contribution is 2.26. The number of benzene rings is 1. The number of hydrogen-bond acceptors (Lipinski definition) is 2. The molecule has 1 aliphatic rings. The molecular weight excluding hydrogens is 219 g/mol. The van der Waals surface area contributed by atoms with E-state index in [0.717, 1.165) is 24.8 Å². The van der Waals surface area contributed by atoms with Crippen LogP contribution in [0.1, 0.15) is 24.8 Å². The molecule has 3 nitrogen and oxygen atoms in total. The molecule has 1 aromatic rings. The van der Waals surface area contributed by atoms with E-state index in [1.54, 1.807) is 12.1 Å². The predicted molar refractivity (Wildman–Crippen MR) is 65.1 cm³/mol. The monoisotopic (exact) mass is 236 g/mol. The second-order valence-electron chi connectivity index (χ2n) is 4.67. The van der Waals surface area contributed by atoms with Crippen molar-refractivity contribution in [2.75, 3.05) is 5.32 Å². The molecule has 0 aliphatic heterocycles. The van der Waals surface area contributed by atoms with E-state index in [9.17, 15) is 9.18 Å². The Hall–Kier alpha value is -1.42. The van der Waals surface area contributed by atoms with Gasteiger partial charge in [-0.3, -0.25) is 4.79 Å². The van der Waals surface area contributed by atoms with Crippen LogP contribution in [0.2, 0.25) is 0 Å². The minimum atomic E-state index is -0.398. The van der Waals surface area contributed by atoms with Crippen molar-refractivity contribution in [1.29, 1.82) is 0 Å². The number of aryl methyl sites for hydroxylation is 1. The fourth-order valence-corrected chi connectivity index (χ4v) is 2.26. The summed E-state index contributed by atoms with van der Waals surface area (Å²) in [4.78, 5) is 11.9. The molecule has 0 spiro atoms. The summed E-state index contributed by atoms with van der Waals surface area (Å²) in [6, 6.07) is 4.67. The van der Waals surface area contributed by atoms with Gasteiger partial charge in [0.15, 0.2) is 0 Å². The molecule has 1 fully saturated rings. The van der Waals surface area contributed by atoms with Gasteiger partial charge in [-0.1, -0.05) is 12.5 Å². The number of carbonyl (C=O) groups is 1. The number of halogens is 1. The van der Waals surface area contributed by atoms with Crippen molar-refractivity contribution in [2.45, 2.75) is 32.2 Å². The molecule has 2 rings (SSSR count). The largest absolute Gasteiger partial charge is 0.327 e. The average molecular weight is 236 g/mol. The van der Waals surface area contributed by atoms with Crippen molar-refractivity contribution in [2.24, 2.45) is 11.7 Å². The third-order valence-corrected chi connectivity index (χ3v) is 3.29. The molecule has 4 heteroatoms. The predicted octanol–water partition coefficient (Wildman–Crippen LogP) is 2.20. The molecule has 3 N–H and O–H groups in total. The van der Waals surface area contributed by atoms with Gasteiger partial charge in [-0.2, -0.15) is 0 Å². The molecule has 0 radical (unpaired) electrons. The first-order chi connectivity index (χ1) is 8.08. The first kappa shape index (κ1) is 12.0. The fraction of sp³-hybridized carbons (Fsp3) is 0.462. The molecule has 1 saturated carbocycles. The van der Waals surface area contributed by atoms with Crippen molar-refractivity contribution < 1.29 is 9.18 Å². The standard InChI is InChI=1S/C13H17FN2O/c1-8-5-6-12(10(14)7-8)16-13(17)9-3-2-4-11(9)15/h5-7,9,11H,2-4,15H2,1H3,(H,16,17). The van der Waals surface area contributed by atoms with Crippen LogP contribution in [0, 0.1) is 18.7 Å². The van der Waals surface area contributed by atoms with E-state index >= 15 is 0 Å². The molecule has 1 amide bonds. The van der Waals surface area contributed by atoms with Crippen LogP contribution in [0.5, 0.6) is 0 Å². The normalized spacial score (nSPS) is 23.7. The first-order valence-corrected chi connectivity index (χ1v) is 5.90. The first-order valence-electron chi connectivity index (χ1n) is 5.90. The number of hydrogen-bond donors (Lipinski definition) is 2. The average Bonchev–Trinajstić information content (AvgIpc) is 2.68. The summed E-state index contributed by atoms with van der Waals surface area (Å²) in [6.07, 6.45) is 2.63. The molecule has 0 heterocycles. The number of carbonyl (C=O) groups excluding carboxylic acids is 1. The highest BCUT2D eigenvalue weighted by Gasteiger charge is 2.30. The van der Waals surface area contributed by atoms with E-state index in [1.165, 1.54) is 6.07 Å². The topological polar surface area (TPSA) is 55.1 Å². The van der Waals surface area contributed by atoms with Crippen LogP contribution >= 0.6 is 0 Å². The Morgan fingerprint density at radius 2 is 2.24 bits per heavy atom. The zero-order valence-corrected chi connectivity index (χ0v) is 9.87. The molecule has 0 saturated heterocycles. The Morgan fingerprint density at radius 3 is 2.82 bits per heavy atom. The van der Waals surface area contributed by atoms with E-state index in [4.69, 9.17) is 5.73 Å². The van der Waals surface area contributed by atoms with Crippen LogP contribution in [-0.2, 0) is 4.79 Å². The minimum Gasteiger partial charge on any atom is -0.327 e. The van der Waals surface area contributed by atoms with Crippen molar-refractivity contribution >= 4 is 11.6 Å². The van der Waals surface area contributed by atoms with Crippen LogP contribution in [-0.4, -0.2) is 11.9 Å². The quantitative estimate of drug-likeness (QED) is 0.827. The SMILES string of the molecule is Cc1ccc(NC(=O)C2CCCC2N)c(F)c1. The summed E-state index contributed by atoms with van der Waals surface area (Å²) in [5.41, 5.74) is 6.91. The van der Waals surface area contributed by atoms with E-state index in [1.807, 2.05) is 6.92 Å². The van der Waals surface area contributed by atoms with Crippen LogP contribution in [0.15, 0.2) is 18.2 Å². The lowest BCUT2D eigenvalue weighted by molar-refractivity contribution is -0.120. The maximum Gasteiger partial charge on any atom is 0.229 e. The van der Waals surface area contributed by atoms with Gasteiger partial charge in [-0.15, -0.1) is 0 Å². The van der Waals surface area contributed by atoms with Crippen LogP contribution in [0.25, 0.3) is 0 Å². The third-order valence-electron chi connectivity index (χ3n) is 3.29. The Labute approximate surface area is 100 Å². The fourth-order valence-electron chi connectivity index (χ4n) is 2.26. The summed E-state index contributed by atoms with van der Waals surface area (Å²) in [6.45, 7) is 1.81. The number of nitrogens with one attached hydrogen (secondary N) is 1. The smallest absolute Gasteiger partial charge is 0.229 e. The molecule has 1 aromatic carbocycles. The Kier molecular flexibility index (Phi) is 3.43. The zero-order valence-electron chi connectivity index (χ0n) is 9.87. The molecule has 1 aliphatic carbocycles. The lowest BCUT2D eigenvalue weighted by Gasteiger charge is -2.15. The minimum absolute atomic E-state index is 0.0940. The third kappa shape index (κ3) is 2.64. The van der Waals surface area contributed by atoms with Gasteiger partial charge in [0.1, 0.15) is 5.82 Å². The van der Waals surface area contributed by atoms with Gasteiger partial charge in [0.25, 0.3) is 0 Å². The van der Waals surface area contributed by atoms with E-state index < -0.39 is 5.82 Å².